The number of ether oxygens (including phenoxy) is 2. The Hall–Kier alpha value is -1.95. The molecule has 0 radical (unpaired) electrons. The lowest BCUT2D eigenvalue weighted by Crippen LogP contribution is -2.09. The first-order valence-corrected chi connectivity index (χ1v) is 8.62. The van der Waals surface area contributed by atoms with Crippen LogP contribution in [0.3, 0.4) is 0 Å². The van der Waals surface area contributed by atoms with E-state index in [-0.39, 0.29) is 30.3 Å². The second kappa shape index (κ2) is 8.94. The van der Waals surface area contributed by atoms with Crippen LogP contribution in [0.2, 0.25) is 0 Å². The fourth-order valence-corrected chi connectivity index (χ4v) is 2.95. The molecule has 6 heteroatoms. The van der Waals surface area contributed by atoms with E-state index in [1.54, 1.807) is 24.3 Å². The quantitative estimate of drug-likeness (QED) is 0.583. The summed E-state index contributed by atoms with van der Waals surface area (Å²) in [6, 6.07) is 10.2. The third kappa shape index (κ3) is 5.01. The average molecular weight is 413 g/mol. The van der Waals surface area contributed by atoms with E-state index in [9.17, 15) is 13.6 Å². The molecule has 0 N–H and O–H groups in total. The zero-order valence-electron chi connectivity index (χ0n) is 14.0. The molecule has 0 saturated carbocycles. The molecule has 0 aliphatic carbocycles. The van der Waals surface area contributed by atoms with Crippen molar-refractivity contribution in [1.29, 1.82) is 0 Å². The fraction of sp³-hybridized carbons (Fsp3) is 0.316. The highest BCUT2D eigenvalue weighted by molar-refractivity contribution is 9.10. The maximum absolute atomic E-state index is 13.3. The summed E-state index contributed by atoms with van der Waals surface area (Å²) in [5.74, 6) is -0.230. The van der Waals surface area contributed by atoms with Crippen LogP contribution in [0.25, 0.3) is 0 Å². The Morgan fingerprint density at radius 3 is 2.64 bits per heavy atom. The summed E-state index contributed by atoms with van der Waals surface area (Å²) in [6.45, 7) is 1.98. The SMILES string of the molecule is CCc1ccc(OCc2c(Br)cccc2CC(=O)OC)c(C(F)F)c1. The third-order valence-corrected chi connectivity index (χ3v) is 4.61. The van der Waals surface area contributed by atoms with E-state index in [0.29, 0.717) is 6.42 Å². The van der Waals surface area contributed by atoms with Gasteiger partial charge < -0.3 is 9.47 Å². The molecule has 0 amide bonds. The minimum absolute atomic E-state index is 0.0684. The van der Waals surface area contributed by atoms with Crippen molar-refractivity contribution in [2.24, 2.45) is 0 Å². The summed E-state index contributed by atoms with van der Waals surface area (Å²) < 4.78 is 37.7. The lowest BCUT2D eigenvalue weighted by molar-refractivity contribution is -0.139. The second-order valence-corrected chi connectivity index (χ2v) is 6.30. The Morgan fingerprint density at radius 2 is 2.00 bits per heavy atom. The van der Waals surface area contributed by atoms with Crippen LogP contribution < -0.4 is 4.74 Å². The van der Waals surface area contributed by atoms with Crippen LogP contribution in [0.15, 0.2) is 40.9 Å². The number of carbonyl (C=O) groups excluding carboxylic acids is 1. The van der Waals surface area contributed by atoms with Crippen LogP contribution in [-0.2, 0) is 29.0 Å². The number of benzene rings is 2. The van der Waals surface area contributed by atoms with E-state index in [0.717, 1.165) is 21.2 Å². The summed E-state index contributed by atoms with van der Waals surface area (Å²) in [5.41, 5.74) is 2.16. The van der Waals surface area contributed by atoms with Gasteiger partial charge in [0.1, 0.15) is 12.4 Å². The molecule has 0 aromatic heterocycles. The van der Waals surface area contributed by atoms with E-state index in [1.807, 2.05) is 13.0 Å². The van der Waals surface area contributed by atoms with Crippen LogP contribution in [0.4, 0.5) is 8.78 Å². The Bertz CT molecular complexity index is 747. The average Bonchev–Trinajstić information content (AvgIpc) is 2.60. The summed E-state index contributed by atoms with van der Waals surface area (Å²) in [7, 11) is 1.32. The van der Waals surface area contributed by atoms with Gasteiger partial charge in [0.25, 0.3) is 6.43 Å². The Balaban J connectivity index is 2.26. The maximum atomic E-state index is 13.3. The van der Waals surface area contributed by atoms with Gasteiger partial charge >= 0.3 is 5.97 Å². The highest BCUT2D eigenvalue weighted by atomic mass is 79.9. The number of hydrogen-bond donors (Lipinski definition) is 0. The standard InChI is InChI=1S/C19H19BrF2O3/c1-3-12-7-8-17(14(9-12)19(21)22)25-11-15-13(10-18(23)24-2)5-4-6-16(15)20/h4-9,19H,3,10-11H2,1-2H3. The summed E-state index contributed by atoms with van der Waals surface area (Å²) in [6.07, 6.45) is -1.85. The van der Waals surface area contributed by atoms with Gasteiger partial charge in [-0.1, -0.05) is 41.1 Å². The Morgan fingerprint density at radius 1 is 1.24 bits per heavy atom. The van der Waals surface area contributed by atoms with Crippen LogP contribution in [0.5, 0.6) is 5.75 Å². The number of hydrogen-bond acceptors (Lipinski definition) is 3. The van der Waals surface area contributed by atoms with Gasteiger partial charge in [0.2, 0.25) is 0 Å². The lowest BCUT2D eigenvalue weighted by atomic mass is 10.0. The monoisotopic (exact) mass is 412 g/mol. The van der Waals surface area contributed by atoms with Gasteiger partial charge in [0.05, 0.1) is 19.1 Å². The van der Waals surface area contributed by atoms with Gasteiger partial charge in [-0.15, -0.1) is 0 Å². The fourth-order valence-electron chi connectivity index (χ4n) is 2.43. The topological polar surface area (TPSA) is 35.5 Å². The molecule has 2 aromatic rings. The molecule has 134 valence electrons. The number of rotatable bonds is 7. The van der Waals surface area contributed by atoms with Crippen LogP contribution in [-0.4, -0.2) is 13.1 Å². The van der Waals surface area contributed by atoms with Gasteiger partial charge in [-0.3, -0.25) is 4.79 Å². The normalized spacial score (nSPS) is 10.8. The van der Waals surface area contributed by atoms with Crippen molar-refractivity contribution in [1.82, 2.24) is 0 Å². The van der Waals surface area contributed by atoms with Gasteiger partial charge in [0.15, 0.2) is 0 Å². The smallest absolute Gasteiger partial charge is 0.309 e. The molecule has 25 heavy (non-hydrogen) atoms. The van der Waals surface area contributed by atoms with Crippen molar-refractivity contribution < 1.29 is 23.0 Å². The summed E-state index contributed by atoms with van der Waals surface area (Å²) in [4.78, 5) is 11.6. The molecule has 0 fully saturated rings. The lowest BCUT2D eigenvalue weighted by Gasteiger charge is -2.15. The predicted molar refractivity (Wildman–Crippen MR) is 95.0 cm³/mol. The first-order valence-electron chi connectivity index (χ1n) is 7.83. The van der Waals surface area contributed by atoms with E-state index in [4.69, 9.17) is 9.47 Å². The Labute approximate surface area is 154 Å². The van der Waals surface area contributed by atoms with Gasteiger partial charge in [0, 0.05) is 10.0 Å². The van der Waals surface area contributed by atoms with Crippen molar-refractivity contribution in [3.63, 3.8) is 0 Å². The van der Waals surface area contributed by atoms with Crippen molar-refractivity contribution in [2.75, 3.05) is 7.11 Å². The van der Waals surface area contributed by atoms with Gasteiger partial charge in [-0.05, 0) is 35.7 Å². The zero-order chi connectivity index (χ0) is 18.4. The largest absolute Gasteiger partial charge is 0.488 e. The predicted octanol–water partition coefficient (Wildman–Crippen LogP) is 5.24. The zero-order valence-corrected chi connectivity index (χ0v) is 15.6. The second-order valence-electron chi connectivity index (χ2n) is 5.45. The number of halogens is 3. The van der Waals surface area contributed by atoms with Crippen LogP contribution in [0.1, 0.15) is 35.6 Å². The summed E-state index contributed by atoms with van der Waals surface area (Å²) in [5, 5.41) is 0. The Kier molecular flexibility index (Phi) is 6.93. The molecule has 0 atom stereocenters. The minimum Gasteiger partial charge on any atom is -0.488 e. The molecule has 0 aliphatic heterocycles. The highest BCUT2D eigenvalue weighted by Gasteiger charge is 2.17. The minimum atomic E-state index is -2.62. The maximum Gasteiger partial charge on any atom is 0.309 e. The number of methoxy groups -OCH3 is 1. The molecule has 0 unspecified atom stereocenters. The summed E-state index contributed by atoms with van der Waals surface area (Å²) >= 11 is 3.42. The number of aryl methyl sites for hydroxylation is 1. The van der Waals surface area contributed by atoms with Crippen LogP contribution >= 0.6 is 15.9 Å². The van der Waals surface area contributed by atoms with Crippen molar-refractivity contribution in [3.8, 4) is 5.75 Å². The van der Waals surface area contributed by atoms with Gasteiger partial charge in [-0.25, -0.2) is 8.78 Å². The number of alkyl halides is 2. The third-order valence-electron chi connectivity index (χ3n) is 3.87. The van der Waals surface area contributed by atoms with E-state index < -0.39 is 6.43 Å². The molecular weight excluding hydrogens is 394 g/mol. The first-order chi connectivity index (χ1) is 12.0. The molecule has 0 saturated heterocycles. The van der Waals surface area contributed by atoms with Crippen molar-refractivity contribution >= 4 is 21.9 Å². The number of esters is 1. The molecule has 2 aromatic carbocycles. The molecule has 0 heterocycles. The molecule has 0 aliphatic rings. The molecule has 0 spiro atoms. The van der Waals surface area contributed by atoms with E-state index >= 15 is 0 Å². The van der Waals surface area contributed by atoms with E-state index in [1.165, 1.54) is 13.2 Å². The van der Waals surface area contributed by atoms with Gasteiger partial charge in [-0.2, -0.15) is 0 Å². The van der Waals surface area contributed by atoms with Crippen molar-refractivity contribution in [3.05, 3.63) is 63.1 Å². The first kappa shape index (κ1) is 19.4. The molecule has 3 nitrogen and oxygen atoms in total. The van der Waals surface area contributed by atoms with Crippen molar-refractivity contribution in [2.45, 2.75) is 32.8 Å². The molecular formula is C19H19BrF2O3. The molecule has 0 bridgehead atoms. The van der Waals surface area contributed by atoms with Crippen LogP contribution in [0, 0.1) is 0 Å². The highest BCUT2D eigenvalue weighted by Crippen LogP contribution is 2.32. The number of carbonyl (C=O) groups is 1. The van der Waals surface area contributed by atoms with E-state index in [2.05, 4.69) is 15.9 Å². The molecule has 2 rings (SSSR count).